The van der Waals surface area contributed by atoms with Crippen molar-refractivity contribution in [2.45, 2.75) is 83.2 Å². The number of rotatable bonds is 6. The number of nitrogens with zero attached hydrogens (tertiary/aromatic N) is 5. The van der Waals surface area contributed by atoms with E-state index < -0.39 is 0 Å². The Hall–Kier alpha value is -2.64. The van der Waals surface area contributed by atoms with Crippen molar-refractivity contribution in [2.24, 2.45) is 0 Å². The number of carbonyl (C=O) groups is 1. The average Bonchev–Trinajstić information content (AvgIpc) is 3.53. The summed E-state index contributed by atoms with van der Waals surface area (Å²) in [5, 5.41) is 11.1. The fraction of sp³-hybridized carbons (Fsp3) is 0.652. The number of aromatic nitrogens is 4. The molecule has 31 heavy (non-hydrogen) atoms. The van der Waals surface area contributed by atoms with Crippen molar-refractivity contribution in [3.63, 3.8) is 0 Å². The summed E-state index contributed by atoms with van der Waals surface area (Å²) >= 11 is 0. The highest BCUT2D eigenvalue weighted by atomic mass is 16.1. The van der Waals surface area contributed by atoms with Crippen molar-refractivity contribution in [2.75, 3.05) is 23.3 Å². The molecule has 8 nitrogen and oxygen atoms in total. The molecule has 8 heteroatoms. The molecule has 0 radical (unpaired) electrons. The van der Waals surface area contributed by atoms with E-state index in [9.17, 15) is 4.79 Å². The van der Waals surface area contributed by atoms with Gasteiger partial charge in [-0.05, 0) is 57.3 Å². The average molecular weight is 424 g/mol. The van der Waals surface area contributed by atoms with Crippen LogP contribution in [0.4, 0.5) is 17.6 Å². The zero-order chi connectivity index (χ0) is 21.4. The number of fused-ring (bicyclic) bond motifs is 1. The maximum atomic E-state index is 11.6. The second-order valence-corrected chi connectivity index (χ2v) is 9.45. The van der Waals surface area contributed by atoms with Gasteiger partial charge < -0.3 is 15.1 Å². The highest BCUT2D eigenvalue weighted by Gasteiger charge is 2.39. The van der Waals surface area contributed by atoms with Crippen LogP contribution in [0.25, 0.3) is 0 Å². The zero-order valence-electron chi connectivity index (χ0n) is 18.6. The molecule has 0 saturated carbocycles. The predicted molar refractivity (Wildman–Crippen MR) is 121 cm³/mol. The Morgan fingerprint density at radius 1 is 1.10 bits per heavy atom. The van der Waals surface area contributed by atoms with Crippen molar-refractivity contribution in [1.29, 1.82) is 0 Å². The largest absolute Gasteiger partial charge is 0.340 e. The summed E-state index contributed by atoms with van der Waals surface area (Å²) in [7, 11) is 0. The van der Waals surface area contributed by atoms with Crippen molar-refractivity contribution in [1.82, 2.24) is 25.1 Å². The van der Waals surface area contributed by atoms with E-state index in [4.69, 9.17) is 9.97 Å². The standard InChI is InChI=1S/C23H33N7O/c1-15(2)18-13-21(28-27-18)25-22-16-7-3-4-8-17(16)24-23(26-22)30-12-6-10-20(30)19-9-5-11-29(19)14-31/h13-15,19-20H,3-12H2,1-2H3,(H2,24,25,26,27,28). The van der Waals surface area contributed by atoms with Crippen LogP contribution in [0.1, 0.15) is 75.2 Å². The SMILES string of the molecule is CC(C)c1cc(Nc2nc(N3CCCC3C3CCCN3C=O)nc3c2CCCC3)n[nH]1. The first-order chi connectivity index (χ1) is 15.1. The number of hydrogen-bond donors (Lipinski definition) is 2. The molecule has 3 aliphatic rings. The molecule has 0 aromatic carbocycles. The van der Waals surface area contributed by atoms with Crippen molar-refractivity contribution >= 4 is 24.0 Å². The molecule has 1 amide bonds. The smallest absolute Gasteiger partial charge is 0.227 e. The Bertz CT molecular complexity index is 940. The first-order valence-corrected chi connectivity index (χ1v) is 11.8. The second-order valence-electron chi connectivity index (χ2n) is 9.45. The molecule has 2 N–H and O–H groups in total. The molecule has 2 fully saturated rings. The van der Waals surface area contributed by atoms with E-state index in [2.05, 4.69) is 40.3 Å². The summed E-state index contributed by atoms with van der Waals surface area (Å²) in [6.45, 7) is 6.13. The van der Waals surface area contributed by atoms with E-state index >= 15 is 0 Å². The number of anilines is 3. The molecule has 1 aliphatic carbocycles. The van der Waals surface area contributed by atoms with Crippen LogP contribution < -0.4 is 10.2 Å². The van der Waals surface area contributed by atoms with Gasteiger partial charge in [0.1, 0.15) is 5.82 Å². The number of amides is 1. The number of H-pyrrole nitrogens is 1. The minimum absolute atomic E-state index is 0.274. The summed E-state index contributed by atoms with van der Waals surface area (Å²) in [5.41, 5.74) is 3.51. The van der Waals surface area contributed by atoms with E-state index in [0.29, 0.717) is 12.0 Å². The Kier molecular flexibility index (Phi) is 5.54. The molecule has 5 rings (SSSR count). The maximum Gasteiger partial charge on any atom is 0.227 e. The van der Waals surface area contributed by atoms with E-state index in [1.165, 1.54) is 24.1 Å². The van der Waals surface area contributed by atoms with Crippen LogP contribution in [0.2, 0.25) is 0 Å². The Labute approximate surface area is 183 Å². The topological polar surface area (TPSA) is 90.0 Å². The van der Waals surface area contributed by atoms with Gasteiger partial charge in [0.15, 0.2) is 5.82 Å². The van der Waals surface area contributed by atoms with E-state index in [1.54, 1.807) is 0 Å². The van der Waals surface area contributed by atoms with Gasteiger partial charge in [0.05, 0.1) is 17.8 Å². The Morgan fingerprint density at radius 3 is 2.71 bits per heavy atom. The van der Waals surface area contributed by atoms with E-state index in [-0.39, 0.29) is 6.04 Å². The molecule has 2 unspecified atom stereocenters. The first kappa shape index (κ1) is 20.3. The lowest BCUT2D eigenvalue weighted by molar-refractivity contribution is -0.119. The maximum absolute atomic E-state index is 11.6. The Morgan fingerprint density at radius 2 is 1.90 bits per heavy atom. The lowest BCUT2D eigenvalue weighted by Crippen LogP contribution is -2.46. The van der Waals surface area contributed by atoms with Gasteiger partial charge in [0.2, 0.25) is 12.4 Å². The van der Waals surface area contributed by atoms with E-state index in [0.717, 1.165) is 81.3 Å². The lowest BCUT2D eigenvalue weighted by atomic mass is 9.96. The van der Waals surface area contributed by atoms with Gasteiger partial charge in [-0.25, -0.2) is 4.98 Å². The highest BCUT2D eigenvalue weighted by Crippen LogP contribution is 2.35. The third-order valence-corrected chi connectivity index (χ3v) is 7.12. The molecule has 0 bridgehead atoms. The molecule has 0 spiro atoms. The number of carbonyl (C=O) groups excluding carboxylic acids is 1. The lowest BCUT2D eigenvalue weighted by Gasteiger charge is -2.34. The first-order valence-electron chi connectivity index (χ1n) is 11.8. The fourth-order valence-corrected chi connectivity index (χ4v) is 5.43. The molecule has 2 atom stereocenters. The van der Waals surface area contributed by atoms with Crippen LogP contribution in [0.15, 0.2) is 6.07 Å². The molecule has 2 aromatic heterocycles. The normalized spacial score (nSPS) is 23.5. The van der Waals surface area contributed by atoms with Crippen molar-refractivity contribution < 1.29 is 4.79 Å². The van der Waals surface area contributed by atoms with E-state index in [1.807, 2.05) is 4.90 Å². The van der Waals surface area contributed by atoms with Crippen LogP contribution in [-0.4, -0.2) is 56.6 Å². The van der Waals surface area contributed by atoms with Gasteiger partial charge in [-0.1, -0.05) is 13.8 Å². The number of aryl methyl sites for hydroxylation is 1. The summed E-state index contributed by atoms with van der Waals surface area (Å²) in [6.07, 6.45) is 9.75. The third kappa shape index (κ3) is 3.88. The zero-order valence-corrected chi connectivity index (χ0v) is 18.6. The summed E-state index contributed by atoms with van der Waals surface area (Å²) < 4.78 is 0. The quantitative estimate of drug-likeness (QED) is 0.691. The van der Waals surface area contributed by atoms with Gasteiger partial charge in [-0.3, -0.25) is 9.89 Å². The molecular formula is C23H33N7O. The highest BCUT2D eigenvalue weighted by molar-refractivity contribution is 5.60. The van der Waals surface area contributed by atoms with Crippen LogP contribution in [0, 0.1) is 0 Å². The molecule has 2 saturated heterocycles. The van der Waals surface area contributed by atoms with Gasteiger partial charge in [-0.15, -0.1) is 0 Å². The predicted octanol–water partition coefficient (Wildman–Crippen LogP) is 3.54. The molecule has 2 aromatic rings. The fourth-order valence-electron chi connectivity index (χ4n) is 5.43. The van der Waals surface area contributed by atoms with Gasteiger partial charge in [0.25, 0.3) is 0 Å². The van der Waals surface area contributed by atoms with Crippen molar-refractivity contribution in [3.8, 4) is 0 Å². The van der Waals surface area contributed by atoms with Crippen molar-refractivity contribution in [3.05, 3.63) is 23.0 Å². The monoisotopic (exact) mass is 423 g/mol. The van der Waals surface area contributed by atoms with Gasteiger partial charge in [-0.2, -0.15) is 10.1 Å². The number of likely N-dealkylation sites (tertiary alicyclic amines) is 1. The minimum Gasteiger partial charge on any atom is -0.340 e. The molecule has 4 heterocycles. The second kappa shape index (κ2) is 8.48. The third-order valence-electron chi connectivity index (χ3n) is 7.12. The van der Waals surface area contributed by atoms with Crippen LogP contribution in [0.3, 0.4) is 0 Å². The summed E-state index contributed by atoms with van der Waals surface area (Å²) in [5.74, 6) is 2.91. The number of nitrogens with one attached hydrogen (secondary N) is 2. The summed E-state index contributed by atoms with van der Waals surface area (Å²) in [6, 6.07) is 2.65. The van der Waals surface area contributed by atoms with Crippen LogP contribution >= 0.6 is 0 Å². The van der Waals surface area contributed by atoms with Crippen LogP contribution in [-0.2, 0) is 17.6 Å². The summed E-state index contributed by atoms with van der Waals surface area (Å²) in [4.78, 5) is 26.0. The van der Waals surface area contributed by atoms with Crippen LogP contribution in [0.5, 0.6) is 0 Å². The van der Waals surface area contributed by atoms with Gasteiger partial charge >= 0.3 is 0 Å². The minimum atomic E-state index is 0.274. The molecular weight excluding hydrogens is 390 g/mol. The number of hydrogen-bond acceptors (Lipinski definition) is 6. The molecule has 166 valence electrons. The van der Waals surface area contributed by atoms with Gasteiger partial charge in [0, 0.05) is 30.4 Å². The number of aromatic amines is 1. The Balaban J connectivity index is 1.47. The molecule has 2 aliphatic heterocycles.